The topological polar surface area (TPSA) is 76.1 Å². The highest BCUT2D eigenvalue weighted by Crippen LogP contribution is 2.44. The zero-order valence-corrected chi connectivity index (χ0v) is 15.2. The van der Waals surface area contributed by atoms with Gasteiger partial charge in [0.15, 0.2) is 0 Å². The molecule has 1 atom stereocenters. The second kappa shape index (κ2) is 6.03. The molecule has 4 nitrogen and oxygen atoms in total. The maximum Gasteiger partial charge on any atom is 0.240 e. The summed E-state index contributed by atoms with van der Waals surface area (Å²) in [5.41, 5.74) is 7.58. The number of fused-ring (bicyclic) bond motifs is 3. The monoisotopic (exact) mass is 410 g/mol. The Bertz CT molecular complexity index is 1130. The highest BCUT2D eigenvalue weighted by atomic mass is 79.9. The molecular formula is C19H11BrN2O2S. The molecule has 4 rings (SSSR count). The van der Waals surface area contributed by atoms with Gasteiger partial charge in [-0.05, 0) is 29.8 Å². The third kappa shape index (κ3) is 2.53. The third-order valence-corrected chi connectivity index (χ3v) is 5.69. The van der Waals surface area contributed by atoms with Gasteiger partial charge >= 0.3 is 0 Å². The summed E-state index contributed by atoms with van der Waals surface area (Å²) in [4.78, 5) is 12.9. The summed E-state index contributed by atoms with van der Waals surface area (Å²) in [6, 6.07) is 17.2. The van der Waals surface area contributed by atoms with Gasteiger partial charge in [0.1, 0.15) is 17.4 Å². The lowest BCUT2D eigenvalue weighted by Crippen LogP contribution is -2.25. The van der Waals surface area contributed by atoms with Crippen LogP contribution in [0, 0.1) is 11.3 Å². The van der Waals surface area contributed by atoms with Crippen LogP contribution in [-0.2, 0) is 0 Å². The van der Waals surface area contributed by atoms with Gasteiger partial charge in [-0.2, -0.15) is 5.26 Å². The Kier molecular flexibility index (Phi) is 3.83. The van der Waals surface area contributed by atoms with E-state index < -0.39 is 5.92 Å². The van der Waals surface area contributed by atoms with Crippen molar-refractivity contribution in [2.75, 3.05) is 0 Å². The number of allylic oxidation sites excluding steroid dienone is 1. The first-order valence-electron chi connectivity index (χ1n) is 7.49. The fraction of sp³-hybridized carbons (Fsp3) is 0.0526. The summed E-state index contributed by atoms with van der Waals surface area (Å²) in [5.74, 6) is -0.0392. The van der Waals surface area contributed by atoms with Crippen molar-refractivity contribution in [2.24, 2.45) is 5.73 Å². The summed E-state index contributed by atoms with van der Waals surface area (Å²) in [6.45, 7) is 0. The van der Waals surface area contributed by atoms with Crippen LogP contribution in [0.4, 0.5) is 0 Å². The number of ether oxygens (including phenoxy) is 1. The fourth-order valence-electron chi connectivity index (χ4n) is 3.05. The predicted molar refractivity (Wildman–Crippen MR) is 102 cm³/mol. The lowest BCUT2D eigenvalue weighted by molar-refractivity contribution is 0.398. The Morgan fingerprint density at radius 1 is 1.16 bits per heavy atom. The van der Waals surface area contributed by atoms with Crippen molar-refractivity contribution in [1.82, 2.24) is 0 Å². The maximum absolute atomic E-state index is 12.9. The van der Waals surface area contributed by atoms with Crippen molar-refractivity contribution in [1.29, 1.82) is 5.26 Å². The van der Waals surface area contributed by atoms with E-state index in [4.69, 9.17) is 10.5 Å². The van der Waals surface area contributed by atoms with E-state index in [1.807, 2.05) is 48.5 Å². The van der Waals surface area contributed by atoms with Crippen LogP contribution in [0.3, 0.4) is 0 Å². The number of halogens is 1. The summed E-state index contributed by atoms with van der Waals surface area (Å²) >= 11 is 4.56. The molecule has 2 heterocycles. The first-order valence-corrected chi connectivity index (χ1v) is 9.10. The molecular weight excluding hydrogens is 400 g/mol. The number of nitriles is 1. The zero-order valence-electron chi connectivity index (χ0n) is 12.8. The van der Waals surface area contributed by atoms with Gasteiger partial charge in [0.25, 0.3) is 0 Å². The normalized spacial score (nSPS) is 16.2. The van der Waals surface area contributed by atoms with Gasteiger partial charge < -0.3 is 10.5 Å². The van der Waals surface area contributed by atoms with Crippen molar-refractivity contribution in [3.63, 3.8) is 0 Å². The Morgan fingerprint density at radius 2 is 1.88 bits per heavy atom. The van der Waals surface area contributed by atoms with E-state index in [0.717, 1.165) is 31.5 Å². The van der Waals surface area contributed by atoms with Crippen LogP contribution < -0.4 is 15.2 Å². The minimum Gasteiger partial charge on any atom is -0.439 e. The summed E-state index contributed by atoms with van der Waals surface area (Å²) < 4.78 is 7.36. The van der Waals surface area contributed by atoms with Gasteiger partial charge in [-0.3, -0.25) is 4.79 Å². The van der Waals surface area contributed by atoms with E-state index in [9.17, 15) is 10.1 Å². The van der Waals surface area contributed by atoms with E-state index in [1.165, 1.54) is 0 Å². The Labute approximate surface area is 155 Å². The van der Waals surface area contributed by atoms with Crippen molar-refractivity contribution < 1.29 is 4.74 Å². The standard InChI is InChI=1S/C19H11BrN2O2S/c20-11-7-5-10(6-8-11)15-13(9-21)18(22)24-17-12-3-1-2-4-14(12)25-19(23)16(15)17/h1-8,15H,22H2/t15-/m0/s1. The Hall–Kier alpha value is -2.62. The molecule has 1 aliphatic rings. The molecule has 0 saturated heterocycles. The second-order valence-corrected chi connectivity index (χ2v) is 7.54. The van der Waals surface area contributed by atoms with Crippen molar-refractivity contribution in [2.45, 2.75) is 5.92 Å². The van der Waals surface area contributed by atoms with Crippen molar-refractivity contribution in [3.05, 3.63) is 85.1 Å². The van der Waals surface area contributed by atoms with Gasteiger partial charge in [-0.25, -0.2) is 0 Å². The number of hydrogen-bond donors (Lipinski definition) is 1. The molecule has 3 aromatic rings. The quantitative estimate of drug-likeness (QED) is 0.650. The van der Waals surface area contributed by atoms with E-state index in [-0.39, 0.29) is 16.2 Å². The van der Waals surface area contributed by atoms with Crippen LogP contribution in [0.5, 0.6) is 5.75 Å². The van der Waals surface area contributed by atoms with Crippen LogP contribution in [-0.4, -0.2) is 0 Å². The molecule has 2 aromatic carbocycles. The molecule has 0 spiro atoms. The molecule has 1 aliphatic heterocycles. The number of nitrogens with two attached hydrogens (primary N) is 1. The first-order chi connectivity index (χ1) is 12.1. The number of rotatable bonds is 1. The highest BCUT2D eigenvalue weighted by Gasteiger charge is 2.34. The molecule has 0 radical (unpaired) electrons. The van der Waals surface area contributed by atoms with Gasteiger partial charge in [-0.1, -0.05) is 51.5 Å². The summed E-state index contributed by atoms with van der Waals surface area (Å²) in [7, 11) is 0. The van der Waals surface area contributed by atoms with Gasteiger partial charge in [-0.15, -0.1) is 0 Å². The van der Waals surface area contributed by atoms with Crippen LogP contribution in [0.15, 0.2) is 69.3 Å². The van der Waals surface area contributed by atoms with Crippen LogP contribution >= 0.6 is 27.3 Å². The number of benzene rings is 2. The average Bonchev–Trinajstić information content (AvgIpc) is 2.61. The Balaban J connectivity index is 2.08. The first kappa shape index (κ1) is 15.9. The SMILES string of the molecule is N#CC1=C(N)Oc2c(c(=O)sc3ccccc23)[C@H]1c1ccc(Br)cc1. The molecule has 0 aliphatic carbocycles. The molecule has 2 N–H and O–H groups in total. The van der Waals surface area contributed by atoms with Gasteiger partial charge in [0.05, 0.1) is 11.5 Å². The van der Waals surface area contributed by atoms with Crippen LogP contribution in [0.2, 0.25) is 0 Å². The molecule has 0 saturated carbocycles. The molecule has 0 fully saturated rings. The van der Waals surface area contributed by atoms with E-state index in [2.05, 4.69) is 22.0 Å². The fourth-order valence-corrected chi connectivity index (χ4v) is 4.26. The summed E-state index contributed by atoms with van der Waals surface area (Å²) in [5, 5.41) is 10.4. The van der Waals surface area contributed by atoms with E-state index in [1.54, 1.807) is 0 Å². The zero-order chi connectivity index (χ0) is 17.6. The molecule has 1 aromatic heterocycles. The molecule has 0 amide bonds. The van der Waals surface area contributed by atoms with Crippen LogP contribution in [0.25, 0.3) is 10.1 Å². The molecule has 0 unspecified atom stereocenters. The molecule has 25 heavy (non-hydrogen) atoms. The smallest absolute Gasteiger partial charge is 0.240 e. The number of hydrogen-bond acceptors (Lipinski definition) is 5. The lowest BCUT2D eigenvalue weighted by atomic mass is 9.84. The summed E-state index contributed by atoms with van der Waals surface area (Å²) in [6.07, 6.45) is 0. The minimum absolute atomic E-state index is 0.0451. The largest absolute Gasteiger partial charge is 0.439 e. The van der Waals surface area contributed by atoms with E-state index >= 15 is 0 Å². The van der Waals surface area contributed by atoms with Gasteiger partial charge in [0.2, 0.25) is 10.6 Å². The molecule has 6 heteroatoms. The molecule has 0 bridgehead atoms. The van der Waals surface area contributed by atoms with Crippen molar-refractivity contribution in [3.8, 4) is 11.8 Å². The Morgan fingerprint density at radius 3 is 2.60 bits per heavy atom. The van der Waals surface area contributed by atoms with Crippen molar-refractivity contribution >= 4 is 37.4 Å². The number of nitrogens with zero attached hydrogens (tertiary/aromatic N) is 1. The lowest BCUT2D eigenvalue weighted by Gasteiger charge is -2.26. The maximum atomic E-state index is 12.9. The van der Waals surface area contributed by atoms with Crippen LogP contribution in [0.1, 0.15) is 17.0 Å². The molecule has 122 valence electrons. The predicted octanol–water partition coefficient (Wildman–Crippen LogP) is 4.24. The average molecular weight is 411 g/mol. The second-order valence-electron chi connectivity index (χ2n) is 5.60. The minimum atomic E-state index is -0.532. The van der Waals surface area contributed by atoms with Gasteiger partial charge in [0, 0.05) is 14.6 Å². The van der Waals surface area contributed by atoms with E-state index in [0.29, 0.717) is 11.3 Å². The third-order valence-electron chi connectivity index (χ3n) is 4.18. The highest BCUT2D eigenvalue weighted by molar-refractivity contribution is 9.10.